The van der Waals surface area contributed by atoms with Crippen LogP contribution in [0.3, 0.4) is 0 Å². The Morgan fingerprint density at radius 3 is 3.00 bits per heavy atom. The van der Waals surface area contributed by atoms with E-state index in [1.165, 1.54) is 5.57 Å². The first-order valence-electron chi connectivity index (χ1n) is 4.67. The van der Waals surface area contributed by atoms with Crippen LogP contribution in [0.1, 0.15) is 6.42 Å². The number of methoxy groups -OCH3 is 1. The molecule has 0 saturated carbocycles. The zero-order valence-electron chi connectivity index (χ0n) is 8.20. The van der Waals surface area contributed by atoms with Crippen LogP contribution in [0.15, 0.2) is 23.9 Å². The number of nitrogens with two attached hydrogens (primary N) is 1. The molecule has 3 heteroatoms. The van der Waals surface area contributed by atoms with Crippen molar-refractivity contribution >= 4 is 0 Å². The summed E-state index contributed by atoms with van der Waals surface area (Å²) in [5.74, 6) is 0. The summed E-state index contributed by atoms with van der Waals surface area (Å²) in [6.07, 6.45) is 7.44. The molecule has 0 radical (unpaired) electrons. The average molecular weight is 182 g/mol. The number of hydrogen-bond donors (Lipinski definition) is 1. The maximum absolute atomic E-state index is 5.51. The predicted octanol–water partition coefficient (Wildman–Crippen LogP) is 0.737. The zero-order chi connectivity index (χ0) is 9.52. The molecule has 0 amide bonds. The van der Waals surface area contributed by atoms with E-state index in [0.717, 1.165) is 26.1 Å². The summed E-state index contributed by atoms with van der Waals surface area (Å²) in [5.41, 5.74) is 6.74. The van der Waals surface area contributed by atoms with Crippen molar-refractivity contribution in [3.8, 4) is 0 Å². The van der Waals surface area contributed by atoms with Gasteiger partial charge in [0, 0.05) is 33.4 Å². The third-order valence-electron chi connectivity index (χ3n) is 2.12. The Kier molecular flexibility index (Phi) is 4.57. The van der Waals surface area contributed by atoms with Gasteiger partial charge in [-0.05, 0) is 24.3 Å². The van der Waals surface area contributed by atoms with Crippen LogP contribution in [-0.4, -0.2) is 38.3 Å². The van der Waals surface area contributed by atoms with Gasteiger partial charge in [0.1, 0.15) is 0 Å². The van der Waals surface area contributed by atoms with Crippen molar-refractivity contribution < 1.29 is 4.74 Å². The van der Waals surface area contributed by atoms with E-state index < -0.39 is 0 Å². The average Bonchev–Trinajstić information content (AvgIpc) is 2.19. The van der Waals surface area contributed by atoms with Crippen LogP contribution in [0, 0.1) is 0 Å². The predicted molar refractivity (Wildman–Crippen MR) is 54.3 cm³/mol. The molecule has 3 nitrogen and oxygen atoms in total. The number of hydrogen-bond acceptors (Lipinski definition) is 3. The first-order chi connectivity index (χ1) is 6.36. The quantitative estimate of drug-likeness (QED) is 0.637. The summed E-state index contributed by atoms with van der Waals surface area (Å²) in [6, 6.07) is 0. The van der Waals surface area contributed by atoms with Crippen molar-refractivity contribution in [1.82, 2.24) is 4.90 Å². The molecule has 0 unspecified atom stereocenters. The van der Waals surface area contributed by atoms with Gasteiger partial charge in [0.2, 0.25) is 0 Å². The molecule has 1 aliphatic rings. The third kappa shape index (κ3) is 3.61. The van der Waals surface area contributed by atoms with Gasteiger partial charge in [0.05, 0.1) is 0 Å². The van der Waals surface area contributed by atoms with Crippen LogP contribution in [0.5, 0.6) is 0 Å². The highest BCUT2D eigenvalue weighted by molar-refractivity contribution is 5.23. The van der Waals surface area contributed by atoms with Gasteiger partial charge in [0.25, 0.3) is 0 Å². The number of ether oxygens (including phenoxy) is 1. The Bertz CT molecular complexity index is 199. The molecule has 0 fully saturated rings. The van der Waals surface area contributed by atoms with Crippen molar-refractivity contribution in [3.63, 3.8) is 0 Å². The fraction of sp³-hybridized carbons (Fsp3) is 0.600. The first kappa shape index (κ1) is 10.3. The first-order valence-corrected chi connectivity index (χ1v) is 4.67. The van der Waals surface area contributed by atoms with Crippen molar-refractivity contribution in [2.45, 2.75) is 6.42 Å². The molecular weight excluding hydrogens is 164 g/mol. The molecule has 2 N–H and O–H groups in total. The van der Waals surface area contributed by atoms with Gasteiger partial charge in [-0.2, -0.15) is 0 Å². The van der Waals surface area contributed by atoms with Crippen LogP contribution in [0.25, 0.3) is 0 Å². The molecular formula is C10H18N2O. The standard InChI is InChI=1S/C10H18N2O/c1-13-8-2-5-12-6-3-10(9-11)4-7-12/h3-4,6H,2,5,7-9,11H2,1H3. The Hall–Kier alpha value is -0.800. The van der Waals surface area contributed by atoms with Crippen molar-refractivity contribution in [2.24, 2.45) is 5.73 Å². The largest absolute Gasteiger partial charge is 0.385 e. The maximum Gasteiger partial charge on any atom is 0.0479 e. The Morgan fingerprint density at radius 1 is 1.62 bits per heavy atom. The summed E-state index contributed by atoms with van der Waals surface area (Å²) < 4.78 is 4.99. The summed E-state index contributed by atoms with van der Waals surface area (Å²) in [4.78, 5) is 2.26. The van der Waals surface area contributed by atoms with Gasteiger partial charge >= 0.3 is 0 Å². The molecule has 0 saturated heterocycles. The maximum atomic E-state index is 5.51. The lowest BCUT2D eigenvalue weighted by Gasteiger charge is -2.22. The van der Waals surface area contributed by atoms with Gasteiger partial charge in [-0.15, -0.1) is 0 Å². The minimum Gasteiger partial charge on any atom is -0.385 e. The highest BCUT2D eigenvalue weighted by atomic mass is 16.5. The van der Waals surface area contributed by atoms with Gasteiger partial charge < -0.3 is 15.4 Å². The van der Waals surface area contributed by atoms with E-state index in [0.29, 0.717) is 6.54 Å². The van der Waals surface area contributed by atoms with Crippen molar-refractivity contribution in [2.75, 3.05) is 33.4 Å². The third-order valence-corrected chi connectivity index (χ3v) is 2.12. The van der Waals surface area contributed by atoms with E-state index in [-0.39, 0.29) is 0 Å². The molecule has 1 rings (SSSR count). The van der Waals surface area contributed by atoms with Crippen LogP contribution >= 0.6 is 0 Å². The van der Waals surface area contributed by atoms with Crippen LogP contribution in [0.4, 0.5) is 0 Å². The molecule has 1 heterocycles. The minimum absolute atomic E-state index is 0.641. The summed E-state index contributed by atoms with van der Waals surface area (Å²) in [5, 5.41) is 0. The van der Waals surface area contributed by atoms with Gasteiger partial charge in [-0.25, -0.2) is 0 Å². The highest BCUT2D eigenvalue weighted by Crippen LogP contribution is 2.05. The minimum atomic E-state index is 0.641. The van der Waals surface area contributed by atoms with Gasteiger partial charge in [-0.3, -0.25) is 0 Å². The molecule has 0 aromatic rings. The molecule has 0 aromatic carbocycles. The molecule has 1 aliphatic heterocycles. The molecule has 0 bridgehead atoms. The number of nitrogens with zero attached hydrogens (tertiary/aromatic N) is 1. The summed E-state index contributed by atoms with van der Waals surface area (Å²) in [7, 11) is 1.73. The zero-order valence-corrected chi connectivity index (χ0v) is 8.20. The fourth-order valence-electron chi connectivity index (χ4n) is 1.29. The molecule has 0 spiro atoms. The van der Waals surface area contributed by atoms with E-state index in [9.17, 15) is 0 Å². The molecule has 0 aromatic heterocycles. The monoisotopic (exact) mass is 182 g/mol. The molecule has 0 atom stereocenters. The fourth-order valence-corrected chi connectivity index (χ4v) is 1.29. The van der Waals surface area contributed by atoms with E-state index >= 15 is 0 Å². The van der Waals surface area contributed by atoms with E-state index in [1.54, 1.807) is 7.11 Å². The molecule has 0 aliphatic carbocycles. The lowest BCUT2D eigenvalue weighted by Crippen LogP contribution is -2.23. The Morgan fingerprint density at radius 2 is 2.46 bits per heavy atom. The Balaban J connectivity index is 2.19. The van der Waals surface area contributed by atoms with Gasteiger partial charge in [0.15, 0.2) is 0 Å². The lowest BCUT2D eigenvalue weighted by molar-refractivity contribution is 0.185. The molecule has 74 valence electrons. The topological polar surface area (TPSA) is 38.5 Å². The van der Waals surface area contributed by atoms with E-state index in [2.05, 4.69) is 23.3 Å². The molecule has 13 heavy (non-hydrogen) atoms. The second kappa shape index (κ2) is 5.78. The van der Waals surface area contributed by atoms with Crippen LogP contribution in [-0.2, 0) is 4.74 Å². The van der Waals surface area contributed by atoms with Gasteiger partial charge in [-0.1, -0.05) is 6.08 Å². The summed E-state index contributed by atoms with van der Waals surface area (Å²) in [6.45, 7) is 3.51. The van der Waals surface area contributed by atoms with Crippen LogP contribution < -0.4 is 5.73 Å². The van der Waals surface area contributed by atoms with Crippen LogP contribution in [0.2, 0.25) is 0 Å². The normalized spacial score (nSPS) is 16.2. The second-order valence-electron chi connectivity index (χ2n) is 3.14. The Labute approximate surface area is 79.9 Å². The second-order valence-corrected chi connectivity index (χ2v) is 3.14. The SMILES string of the molecule is COCCCN1C=CC(CN)=CC1. The lowest BCUT2D eigenvalue weighted by atomic mass is 10.2. The van der Waals surface area contributed by atoms with Crippen molar-refractivity contribution in [3.05, 3.63) is 23.9 Å². The summed E-state index contributed by atoms with van der Waals surface area (Å²) >= 11 is 0. The van der Waals surface area contributed by atoms with Crippen molar-refractivity contribution in [1.29, 1.82) is 0 Å². The number of rotatable bonds is 5. The van der Waals surface area contributed by atoms with E-state index in [1.807, 2.05) is 0 Å². The smallest absolute Gasteiger partial charge is 0.0479 e. The van der Waals surface area contributed by atoms with E-state index in [4.69, 9.17) is 10.5 Å². The highest BCUT2D eigenvalue weighted by Gasteiger charge is 2.02.